The van der Waals surface area contributed by atoms with Crippen LogP contribution < -0.4 is 16.0 Å². The molecule has 6 rings (SSSR count). The van der Waals surface area contributed by atoms with Crippen molar-refractivity contribution in [2.24, 2.45) is 17.8 Å². The van der Waals surface area contributed by atoms with Gasteiger partial charge < -0.3 is 20.9 Å². The molecule has 6 atom stereocenters. The lowest BCUT2D eigenvalue weighted by Crippen LogP contribution is -2.70. The lowest BCUT2D eigenvalue weighted by atomic mass is 9.71. The van der Waals surface area contributed by atoms with Gasteiger partial charge in [-0.05, 0) is 62.6 Å². The van der Waals surface area contributed by atoms with E-state index in [2.05, 4.69) is 16.0 Å². The number of anilines is 1. The lowest BCUT2D eigenvalue weighted by Gasteiger charge is -2.54. The Kier molecular flexibility index (Phi) is 7.99. The number of hydrogen-bond acceptors (Lipinski definition) is 5. The zero-order valence-corrected chi connectivity index (χ0v) is 22.4. The maximum Gasteiger partial charge on any atom is 0.255 e. The van der Waals surface area contributed by atoms with E-state index < -0.39 is 54.3 Å². The predicted molar refractivity (Wildman–Crippen MR) is 141 cm³/mol. The number of carbonyl (C=O) groups is 3. The van der Waals surface area contributed by atoms with Gasteiger partial charge in [0.05, 0.1) is 12.0 Å². The van der Waals surface area contributed by atoms with E-state index in [1.54, 1.807) is 24.3 Å². The van der Waals surface area contributed by atoms with Gasteiger partial charge >= 0.3 is 0 Å². The van der Waals surface area contributed by atoms with Crippen molar-refractivity contribution in [1.82, 2.24) is 15.5 Å². The van der Waals surface area contributed by atoms with Crippen LogP contribution in [-0.2, 0) is 14.4 Å². The normalized spacial score (nSPS) is 29.1. The molecule has 3 heterocycles. The van der Waals surface area contributed by atoms with Crippen molar-refractivity contribution in [2.75, 3.05) is 11.9 Å². The number of nitrogens with zero attached hydrogens (tertiary/aromatic N) is 2. The van der Waals surface area contributed by atoms with Crippen molar-refractivity contribution in [3.05, 3.63) is 29.3 Å². The molecule has 0 unspecified atom stereocenters. The fourth-order valence-electron chi connectivity index (χ4n) is 6.44. The summed E-state index contributed by atoms with van der Waals surface area (Å²) in [6, 6.07) is 5.10. The van der Waals surface area contributed by atoms with Crippen LogP contribution in [0.2, 0.25) is 5.02 Å². The molecule has 1 aromatic rings. The highest BCUT2D eigenvalue weighted by Crippen LogP contribution is 2.49. The summed E-state index contributed by atoms with van der Waals surface area (Å²) in [7, 11) is 0. The molecule has 0 spiro atoms. The third-order valence-corrected chi connectivity index (χ3v) is 8.82. The number of nitriles is 1. The molecule has 0 aromatic heterocycles. The Morgan fingerprint density at radius 2 is 2.00 bits per heavy atom. The molecule has 3 amide bonds. The Morgan fingerprint density at radius 1 is 1.21 bits per heavy atom. The zero-order valence-electron chi connectivity index (χ0n) is 21.7. The number of piperidine rings is 3. The van der Waals surface area contributed by atoms with E-state index in [0.717, 1.165) is 19.3 Å². The quantitative estimate of drug-likeness (QED) is 0.424. The average Bonchev–Trinajstić information content (AvgIpc) is 3.72. The molecule has 3 N–H and O–H groups in total. The van der Waals surface area contributed by atoms with Crippen LogP contribution in [0.4, 0.5) is 14.5 Å². The number of rotatable bonds is 9. The van der Waals surface area contributed by atoms with Crippen molar-refractivity contribution < 1.29 is 23.2 Å². The fraction of sp³-hybridized carbons (Fsp3) is 0.643. The first-order valence-electron chi connectivity index (χ1n) is 13.9. The van der Waals surface area contributed by atoms with Gasteiger partial charge in [-0.1, -0.05) is 30.5 Å². The van der Waals surface area contributed by atoms with E-state index >= 15 is 8.78 Å². The zero-order chi connectivity index (χ0) is 27.7. The molecule has 0 radical (unpaired) electrons. The van der Waals surface area contributed by atoms with Crippen LogP contribution in [0.15, 0.2) is 24.3 Å². The Labute approximate surface area is 231 Å². The van der Waals surface area contributed by atoms with Gasteiger partial charge in [-0.25, -0.2) is 8.78 Å². The Morgan fingerprint density at radius 3 is 2.67 bits per heavy atom. The van der Waals surface area contributed by atoms with E-state index in [9.17, 15) is 19.6 Å². The molecule has 2 aliphatic carbocycles. The van der Waals surface area contributed by atoms with Crippen LogP contribution in [0.3, 0.4) is 0 Å². The van der Waals surface area contributed by atoms with E-state index in [1.165, 1.54) is 4.90 Å². The summed E-state index contributed by atoms with van der Waals surface area (Å²) in [6.07, 6.45) is 4.01. The highest BCUT2D eigenvalue weighted by molar-refractivity contribution is 6.30. The molecule has 11 heteroatoms. The molecule has 1 aromatic carbocycles. The molecule has 39 heavy (non-hydrogen) atoms. The van der Waals surface area contributed by atoms with Gasteiger partial charge in [0.1, 0.15) is 18.1 Å². The van der Waals surface area contributed by atoms with Gasteiger partial charge in [0, 0.05) is 35.6 Å². The summed E-state index contributed by atoms with van der Waals surface area (Å²) in [4.78, 5) is 41.3. The monoisotopic (exact) mass is 561 g/mol. The summed E-state index contributed by atoms with van der Waals surface area (Å²) in [5.41, 5.74) is 0.644. The molecular formula is C28H34ClF2N5O3. The summed E-state index contributed by atoms with van der Waals surface area (Å²) >= 11 is 6.14. The minimum Gasteiger partial charge on any atom is -0.374 e. The maximum atomic E-state index is 15.1. The summed E-state index contributed by atoms with van der Waals surface area (Å²) in [5.74, 6) is -5.83. The predicted octanol–water partition coefficient (Wildman–Crippen LogP) is 3.86. The number of carbonyl (C=O) groups excluding carboxylic acids is 3. The standard InChI is InChI=1S/C28H34ClF2N5O3/c29-18-4-1-5-19(13-18)34-23(11-16-6-7-16)27(39)36-21-8-9-22(28(30,31)14-21)24(36)26(38)35-20(15-32)12-17-3-2-10-33-25(17)37/h1,4-5,13,16-17,20-24,34H,2-3,6-12,14H2,(H,33,37)(H,35,38)/t17-,20+,21+,22+,23-,24-/m0/s1. The van der Waals surface area contributed by atoms with Gasteiger partial charge in [-0.2, -0.15) is 5.26 Å². The average molecular weight is 562 g/mol. The minimum absolute atomic E-state index is 0.0971. The largest absolute Gasteiger partial charge is 0.374 e. The Hall–Kier alpha value is -2.93. The number of benzene rings is 1. The highest BCUT2D eigenvalue weighted by atomic mass is 35.5. The number of fused-ring (bicyclic) bond motifs is 3. The first kappa shape index (κ1) is 27.6. The summed E-state index contributed by atoms with van der Waals surface area (Å²) < 4.78 is 30.3. The Bertz CT molecular complexity index is 1160. The van der Waals surface area contributed by atoms with Gasteiger partial charge in [-0.3, -0.25) is 14.4 Å². The number of alkyl halides is 2. The first-order chi connectivity index (χ1) is 18.7. The smallest absolute Gasteiger partial charge is 0.255 e. The van der Waals surface area contributed by atoms with E-state index in [1.807, 2.05) is 6.07 Å². The van der Waals surface area contributed by atoms with E-state index in [4.69, 9.17) is 11.6 Å². The summed E-state index contributed by atoms with van der Waals surface area (Å²) in [6.45, 7) is 0.571. The molecular weight excluding hydrogens is 528 g/mol. The second-order valence-corrected chi connectivity index (χ2v) is 11.9. The van der Waals surface area contributed by atoms with Crippen molar-refractivity contribution in [3.8, 4) is 6.07 Å². The molecule has 2 saturated carbocycles. The molecule has 2 bridgehead atoms. The van der Waals surface area contributed by atoms with Crippen molar-refractivity contribution >= 4 is 35.0 Å². The van der Waals surface area contributed by atoms with Gasteiger partial charge in [0.25, 0.3) is 5.92 Å². The third-order valence-electron chi connectivity index (χ3n) is 8.58. The van der Waals surface area contributed by atoms with Crippen LogP contribution in [0, 0.1) is 29.1 Å². The van der Waals surface area contributed by atoms with Crippen molar-refractivity contribution in [2.45, 2.75) is 87.9 Å². The lowest BCUT2D eigenvalue weighted by molar-refractivity contribution is -0.194. The van der Waals surface area contributed by atoms with E-state index in [0.29, 0.717) is 42.4 Å². The summed E-state index contributed by atoms with van der Waals surface area (Å²) in [5, 5.41) is 18.9. The number of nitrogens with one attached hydrogen (secondary N) is 3. The maximum absolute atomic E-state index is 15.1. The fourth-order valence-corrected chi connectivity index (χ4v) is 6.63. The van der Waals surface area contributed by atoms with Gasteiger partial charge in [0.2, 0.25) is 17.7 Å². The second kappa shape index (κ2) is 11.3. The van der Waals surface area contributed by atoms with E-state index in [-0.39, 0.29) is 24.7 Å². The second-order valence-electron chi connectivity index (χ2n) is 11.4. The topological polar surface area (TPSA) is 114 Å². The van der Waals surface area contributed by atoms with Crippen molar-refractivity contribution in [1.29, 1.82) is 5.26 Å². The minimum atomic E-state index is -3.10. The van der Waals surface area contributed by atoms with Crippen LogP contribution >= 0.6 is 11.6 Å². The van der Waals surface area contributed by atoms with Crippen LogP contribution in [-0.4, -0.2) is 59.3 Å². The molecule has 3 saturated heterocycles. The number of halogens is 3. The molecule has 5 fully saturated rings. The van der Waals surface area contributed by atoms with Crippen LogP contribution in [0.25, 0.3) is 0 Å². The third kappa shape index (κ3) is 6.13. The number of amides is 3. The van der Waals surface area contributed by atoms with Gasteiger partial charge in [0.15, 0.2) is 0 Å². The van der Waals surface area contributed by atoms with Gasteiger partial charge in [-0.15, -0.1) is 0 Å². The number of hydrogen-bond donors (Lipinski definition) is 3. The first-order valence-corrected chi connectivity index (χ1v) is 14.2. The van der Waals surface area contributed by atoms with Crippen molar-refractivity contribution in [3.63, 3.8) is 0 Å². The molecule has 3 aliphatic heterocycles. The van der Waals surface area contributed by atoms with Crippen LogP contribution in [0.5, 0.6) is 0 Å². The molecule has 5 aliphatic rings. The SMILES string of the molecule is N#C[C@@H](C[C@@H]1CCCNC1=O)NC(=O)[C@@H]1[C@H]2CC[C@H](CC2(F)F)N1C(=O)[C@H](CC1CC1)Nc1cccc(Cl)c1. The Balaban J connectivity index is 1.38. The highest BCUT2D eigenvalue weighted by Gasteiger charge is 2.61. The molecule has 8 nitrogen and oxygen atoms in total. The molecule has 210 valence electrons. The van der Waals surface area contributed by atoms with Crippen LogP contribution in [0.1, 0.15) is 57.8 Å².